The van der Waals surface area contributed by atoms with Gasteiger partial charge >= 0.3 is 0 Å². The summed E-state index contributed by atoms with van der Waals surface area (Å²) in [6.07, 6.45) is 0. The smallest absolute Gasteiger partial charge is 0.0910 e. The van der Waals surface area contributed by atoms with Crippen molar-refractivity contribution in [3.8, 4) is 0 Å². The minimum Gasteiger partial charge on any atom is -0.203 e. The molecule has 0 atom stereocenters. The van der Waals surface area contributed by atoms with Crippen molar-refractivity contribution in [2.75, 3.05) is 6.61 Å². The second-order valence-electron chi connectivity index (χ2n) is 4.40. The predicted octanol–water partition coefficient (Wildman–Crippen LogP) is 2.42. The third-order valence-corrected chi connectivity index (χ3v) is 2.45. The van der Waals surface area contributed by atoms with Crippen molar-refractivity contribution in [2.24, 2.45) is 10.8 Å². The molecular formula is C8H17O2. The molecule has 0 aromatic carbocycles. The summed E-state index contributed by atoms with van der Waals surface area (Å²) < 4.78 is 0. The minimum absolute atomic E-state index is 0.0469. The highest BCUT2D eigenvalue weighted by Crippen LogP contribution is 2.37. The second kappa shape index (κ2) is 2.89. The van der Waals surface area contributed by atoms with E-state index in [2.05, 4.69) is 25.7 Å². The van der Waals surface area contributed by atoms with Gasteiger partial charge in [-0.3, -0.25) is 0 Å². The molecule has 0 aromatic rings. The van der Waals surface area contributed by atoms with Gasteiger partial charge in [0.05, 0.1) is 6.61 Å². The highest BCUT2D eigenvalue weighted by molar-refractivity contribution is 4.81. The van der Waals surface area contributed by atoms with Crippen LogP contribution in [0.4, 0.5) is 0 Å². The Kier molecular flexibility index (Phi) is 2.86. The normalized spacial score (nSPS) is 13.8. The van der Waals surface area contributed by atoms with Gasteiger partial charge in [0.2, 0.25) is 0 Å². The summed E-state index contributed by atoms with van der Waals surface area (Å²) in [5.74, 6) is 0. The topological polar surface area (TPSA) is 29.1 Å². The maximum atomic E-state index is 9.89. The van der Waals surface area contributed by atoms with Crippen molar-refractivity contribution in [1.82, 2.24) is 0 Å². The maximum absolute atomic E-state index is 9.89. The lowest BCUT2D eigenvalue weighted by Gasteiger charge is -2.37. The van der Waals surface area contributed by atoms with E-state index in [1.807, 2.05) is 13.8 Å². The van der Waals surface area contributed by atoms with Crippen LogP contribution in [0.2, 0.25) is 0 Å². The molecule has 61 valence electrons. The Morgan fingerprint density at radius 1 is 1.10 bits per heavy atom. The van der Waals surface area contributed by atoms with E-state index >= 15 is 0 Å². The number of hydrogen-bond acceptors (Lipinski definition) is 1. The molecule has 0 aliphatic rings. The van der Waals surface area contributed by atoms with E-state index in [0.717, 1.165) is 0 Å². The van der Waals surface area contributed by atoms with Gasteiger partial charge in [-0.25, -0.2) is 4.89 Å². The van der Waals surface area contributed by atoms with Crippen molar-refractivity contribution in [3.05, 3.63) is 0 Å². The van der Waals surface area contributed by atoms with Gasteiger partial charge in [-0.2, -0.15) is 0 Å². The van der Waals surface area contributed by atoms with Crippen molar-refractivity contribution >= 4 is 0 Å². The number of hydrogen-bond donors (Lipinski definition) is 0. The van der Waals surface area contributed by atoms with E-state index in [-0.39, 0.29) is 17.4 Å². The third kappa shape index (κ3) is 2.27. The SMILES string of the molecule is CC(C)(C)C(C)(C)CO[O]. The summed E-state index contributed by atoms with van der Waals surface area (Å²) in [5, 5.41) is 9.89. The van der Waals surface area contributed by atoms with Gasteiger partial charge in [-0.05, 0) is 16.1 Å². The molecule has 0 amide bonds. The molecule has 0 rings (SSSR count). The first-order valence-corrected chi connectivity index (χ1v) is 3.56. The van der Waals surface area contributed by atoms with Gasteiger partial charge in [0, 0.05) is 0 Å². The predicted molar refractivity (Wildman–Crippen MR) is 39.9 cm³/mol. The molecule has 0 spiro atoms. The van der Waals surface area contributed by atoms with E-state index < -0.39 is 0 Å². The molecule has 1 radical (unpaired) electrons. The first kappa shape index (κ1) is 9.92. The molecule has 0 saturated carbocycles. The van der Waals surface area contributed by atoms with Gasteiger partial charge in [0.15, 0.2) is 0 Å². The Morgan fingerprint density at radius 3 is 1.60 bits per heavy atom. The fourth-order valence-electron chi connectivity index (χ4n) is 0.364. The van der Waals surface area contributed by atoms with E-state index in [9.17, 15) is 5.26 Å². The summed E-state index contributed by atoms with van der Waals surface area (Å²) in [6, 6.07) is 0. The van der Waals surface area contributed by atoms with E-state index in [4.69, 9.17) is 0 Å². The van der Waals surface area contributed by atoms with Crippen molar-refractivity contribution in [2.45, 2.75) is 34.6 Å². The van der Waals surface area contributed by atoms with Crippen molar-refractivity contribution in [3.63, 3.8) is 0 Å². The molecule has 0 bridgehead atoms. The lowest BCUT2D eigenvalue weighted by molar-refractivity contribution is -0.323. The molecule has 0 aromatic heterocycles. The van der Waals surface area contributed by atoms with Gasteiger partial charge in [0.25, 0.3) is 0 Å². The molecule has 2 heteroatoms. The first-order chi connectivity index (χ1) is 4.31. The van der Waals surface area contributed by atoms with Crippen molar-refractivity contribution in [1.29, 1.82) is 0 Å². The molecule has 0 aliphatic carbocycles. The third-order valence-electron chi connectivity index (χ3n) is 2.45. The fraction of sp³-hybridized carbons (Fsp3) is 1.00. The maximum Gasteiger partial charge on any atom is 0.0910 e. The molecule has 0 unspecified atom stereocenters. The Labute approximate surface area is 63.1 Å². The van der Waals surface area contributed by atoms with Crippen LogP contribution in [0.25, 0.3) is 0 Å². The van der Waals surface area contributed by atoms with Crippen LogP contribution in [0.1, 0.15) is 34.6 Å². The molecule has 0 heterocycles. The summed E-state index contributed by atoms with van der Waals surface area (Å²) in [4.78, 5) is 3.88. The van der Waals surface area contributed by atoms with Gasteiger partial charge in [-0.1, -0.05) is 34.6 Å². The van der Waals surface area contributed by atoms with Crippen LogP contribution < -0.4 is 0 Å². The lowest BCUT2D eigenvalue weighted by atomic mass is 9.70. The average Bonchev–Trinajstić information content (AvgIpc) is 1.61. The summed E-state index contributed by atoms with van der Waals surface area (Å²) in [7, 11) is 0. The lowest BCUT2D eigenvalue weighted by Crippen LogP contribution is -2.33. The van der Waals surface area contributed by atoms with Crippen LogP contribution in [-0.2, 0) is 10.1 Å². The zero-order chi connectivity index (χ0) is 8.41. The second-order valence-corrected chi connectivity index (χ2v) is 4.40. The Morgan fingerprint density at radius 2 is 1.50 bits per heavy atom. The number of rotatable bonds is 2. The molecule has 0 aliphatic heterocycles. The monoisotopic (exact) mass is 145 g/mol. The van der Waals surface area contributed by atoms with Gasteiger partial charge in [0.1, 0.15) is 0 Å². The molecule has 2 nitrogen and oxygen atoms in total. The minimum atomic E-state index is -0.0469. The summed E-state index contributed by atoms with van der Waals surface area (Å²) >= 11 is 0. The quantitative estimate of drug-likeness (QED) is 0.433. The standard InChI is InChI=1S/C8H17O2/c1-7(2,3)8(4,5)6-10-9/h6H2,1-5H3. The molecular weight excluding hydrogens is 128 g/mol. The van der Waals surface area contributed by atoms with Gasteiger partial charge in [-0.15, -0.1) is 0 Å². The van der Waals surface area contributed by atoms with E-state index in [0.29, 0.717) is 0 Å². The van der Waals surface area contributed by atoms with Crippen LogP contribution in [0.15, 0.2) is 0 Å². The molecule has 0 saturated heterocycles. The highest BCUT2D eigenvalue weighted by atomic mass is 17.1. The van der Waals surface area contributed by atoms with Crippen LogP contribution in [0.3, 0.4) is 0 Å². The average molecular weight is 145 g/mol. The summed E-state index contributed by atoms with van der Waals surface area (Å²) in [6.45, 7) is 10.6. The van der Waals surface area contributed by atoms with E-state index in [1.54, 1.807) is 0 Å². The van der Waals surface area contributed by atoms with E-state index in [1.165, 1.54) is 0 Å². The molecule has 0 N–H and O–H groups in total. The zero-order valence-electron chi connectivity index (χ0n) is 7.52. The van der Waals surface area contributed by atoms with Crippen LogP contribution in [-0.4, -0.2) is 6.61 Å². The first-order valence-electron chi connectivity index (χ1n) is 3.56. The van der Waals surface area contributed by atoms with Crippen LogP contribution in [0.5, 0.6) is 0 Å². The Bertz CT molecular complexity index is 100. The largest absolute Gasteiger partial charge is 0.203 e. The molecule has 10 heavy (non-hydrogen) atoms. The summed E-state index contributed by atoms with van der Waals surface area (Å²) in [5.41, 5.74) is 0.0756. The fourth-order valence-corrected chi connectivity index (χ4v) is 0.364. The zero-order valence-corrected chi connectivity index (χ0v) is 7.52. The van der Waals surface area contributed by atoms with Crippen LogP contribution >= 0.6 is 0 Å². The van der Waals surface area contributed by atoms with Crippen LogP contribution in [0, 0.1) is 10.8 Å². The van der Waals surface area contributed by atoms with Crippen molar-refractivity contribution < 1.29 is 10.1 Å². The molecule has 0 fully saturated rings. The Hall–Kier alpha value is -0.0800. The van der Waals surface area contributed by atoms with Gasteiger partial charge < -0.3 is 0 Å². The Balaban J connectivity index is 4.10. The highest BCUT2D eigenvalue weighted by Gasteiger charge is 2.33.